The third-order valence-corrected chi connectivity index (χ3v) is 2.83. The highest BCUT2D eigenvalue weighted by atomic mass is 35.5. The number of benzene rings is 1. The van der Waals surface area contributed by atoms with Gasteiger partial charge in [0, 0.05) is 12.1 Å². The third-order valence-electron chi connectivity index (χ3n) is 2.52. The van der Waals surface area contributed by atoms with E-state index < -0.39 is 5.82 Å². The van der Waals surface area contributed by atoms with Gasteiger partial charge in [0.2, 0.25) is 0 Å². The number of rotatable bonds is 3. The van der Waals surface area contributed by atoms with Crippen molar-refractivity contribution in [3.8, 4) is 0 Å². The molecule has 0 atom stereocenters. The normalized spacial score (nSPS) is 10.4. The van der Waals surface area contributed by atoms with Crippen molar-refractivity contribution in [3.63, 3.8) is 0 Å². The van der Waals surface area contributed by atoms with Gasteiger partial charge in [-0.25, -0.2) is 4.39 Å². The van der Waals surface area contributed by atoms with Crippen molar-refractivity contribution in [1.82, 2.24) is 4.98 Å². The summed E-state index contributed by atoms with van der Waals surface area (Å²) in [6.07, 6.45) is 0.116. The molecule has 0 saturated carbocycles. The molecule has 18 heavy (non-hydrogen) atoms. The summed E-state index contributed by atoms with van der Waals surface area (Å²) in [7, 11) is 0. The van der Waals surface area contributed by atoms with Crippen LogP contribution in [0.25, 0.3) is 0 Å². The second kappa shape index (κ2) is 5.27. The zero-order chi connectivity index (χ0) is 13.1. The maximum atomic E-state index is 13.2. The van der Waals surface area contributed by atoms with E-state index in [9.17, 15) is 9.18 Å². The van der Waals surface area contributed by atoms with Crippen molar-refractivity contribution >= 4 is 17.4 Å². The molecule has 2 aromatic rings. The molecule has 0 aliphatic carbocycles. The lowest BCUT2D eigenvalue weighted by atomic mass is 10.1. The summed E-state index contributed by atoms with van der Waals surface area (Å²) in [5.41, 5.74) is 1.76. The predicted molar refractivity (Wildman–Crippen MR) is 68.4 cm³/mol. The van der Waals surface area contributed by atoms with Crippen LogP contribution >= 0.6 is 11.6 Å². The van der Waals surface area contributed by atoms with Crippen LogP contribution in [0.1, 0.15) is 21.7 Å². The van der Waals surface area contributed by atoms with E-state index in [4.69, 9.17) is 11.6 Å². The number of aromatic nitrogens is 1. The van der Waals surface area contributed by atoms with Gasteiger partial charge in [0.25, 0.3) is 0 Å². The number of nitrogens with zero attached hydrogens (tertiary/aromatic N) is 1. The monoisotopic (exact) mass is 263 g/mol. The van der Waals surface area contributed by atoms with Gasteiger partial charge in [-0.3, -0.25) is 9.78 Å². The third kappa shape index (κ3) is 2.93. The molecule has 4 heteroatoms. The second-order valence-corrected chi connectivity index (χ2v) is 4.42. The molecule has 2 nitrogen and oxygen atoms in total. The lowest BCUT2D eigenvalue weighted by Gasteiger charge is -2.03. The summed E-state index contributed by atoms with van der Waals surface area (Å²) < 4.78 is 13.2. The van der Waals surface area contributed by atoms with Crippen LogP contribution in [0.3, 0.4) is 0 Å². The first-order valence-corrected chi connectivity index (χ1v) is 5.85. The zero-order valence-corrected chi connectivity index (χ0v) is 10.5. The SMILES string of the molecule is Cc1cccc(C(=O)Cc2ccc(Cl)c(F)c2)n1. The van der Waals surface area contributed by atoms with Gasteiger partial charge >= 0.3 is 0 Å². The molecular formula is C14H11ClFNO. The van der Waals surface area contributed by atoms with Crippen molar-refractivity contribution in [2.75, 3.05) is 0 Å². The van der Waals surface area contributed by atoms with E-state index in [0.29, 0.717) is 11.3 Å². The van der Waals surface area contributed by atoms with E-state index in [1.165, 1.54) is 12.1 Å². The zero-order valence-electron chi connectivity index (χ0n) is 9.78. The van der Waals surface area contributed by atoms with E-state index in [1.807, 2.05) is 13.0 Å². The molecule has 0 aliphatic heterocycles. The number of pyridine rings is 1. The number of halogens is 2. The van der Waals surface area contributed by atoms with Crippen LogP contribution in [0.2, 0.25) is 5.02 Å². The Bertz CT molecular complexity index is 598. The molecule has 0 spiro atoms. The Hall–Kier alpha value is -1.74. The highest BCUT2D eigenvalue weighted by molar-refractivity contribution is 6.30. The number of carbonyl (C=O) groups excluding carboxylic acids is 1. The van der Waals surface area contributed by atoms with Gasteiger partial charge in [0.1, 0.15) is 11.5 Å². The van der Waals surface area contributed by atoms with Crippen LogP contribution in [-0.4, -0.2) is 10.8 Å². The van der Waals surface area contributed by atoms with Crippen LogP contribution in [0.15, 0.2) is 36.4 Å². The summed E-state index contributed by atoms with van der Waals surface area (Å²) in [6.45, 7) is 1.82. The fraction of sp³-hybridized carbons (Fsp3) is 0.143. The first-order chi connectivity index (χ1) is 8.56. The van der Waals surface area contributed by atoms with Gasteiger partial charge in [-0.1, -0.05) is 23.7 Å². The molecule has 0 aliphatic rings. The fourth-order valence-corrected chi connectivity index (χ4v) is 1.74. The lowest BCUT2D eigenvalue weighted by molar-refractivity contribution is 0.0988. The number of Topliss-reactive ketones (excluding diaryl/α,β-unsaturated/α-hetero) is 1. The summed E-state index contributed by atoms with van der Waals surface area (Å²) >= 11 is 5.58. The summed E-state index contributed by atoms with van der Waals surface area (Å²) in [5.74, 6) is -0.653. The fourth-order valence-electron chi connectivity index (χ4n) is 1.62. The van der Waals surface area contributed by atoms with Crippen molar-refractivity contribution in [3.05, 3.63) is 64.2 Å². The van der Waals surface area contributed by atoms with Crippen molar-refractivity contribution in [2.24, 2.45) is 0 Å². The lowest BCUT2D eigenvalue weighted by Crippen LogP contribution is -2.06. The first kappa shape index (κ1) is 12.7. The van der Waals surface area contributed by atoms with E-state index >= 15 is 0 Å². The molecular weight excluding hydrogens is 253 g/mol. The van der Waals surface area contributed by atoms with Crippen LogP contribution < -0.4 is 0 Å². The highest BCUT2D eigenvalue weighted by Crippen LogP contribution is 2.16. The molecule has 92 valence electrons. The van der Waals surface area contributed by atoms with Gasteiger partial charge in [0.15, 0.2) is 5.78 Å². The number of hydrogen-bond acceptors (Lipinski definition) is 2. The van der Waals surface area contributed by atoms with Crippen LogP contribution in [0.4, 0.5) is 4.39 Å². The Morgan fingerprint density at radius 1 is 1.33 bits per heavy atom. The van der Waals surface area contributed by atoms with Crippen LogP contribution in [0.5, 0.6) is 0 Å². The van der Waals surface area contributed by atoms with E-state index in [-0.39, 0.29) is 17.2 Å². The van der Waals surface area contributed by atoms with E-state index in [1.54, 1.807) is 18.2 Å². The minimum atomic E-state index is -0.515. The van der Waals surface area contributed by atoms with Crippen LogP contribution in [0, 0.1) is 12.7 Å². The van der Waals surface area contributed by atoms with Gasteiger partial charge in [-0.2, -0.15) is 0 Å². The molecule has 2 rings (SSSR count). The number of aryl methyl sites for hydroxylation is 1. The first-order valence-electron chi connectivity index (χ1n) is 5.47. The van der Waals surface area contributed by atoms with Gasteiger partial charge < -0.3 is 0 Å². The molecule has 0 saturated heterocycles. The molecule has 1 aromatic carbocycles. The van der Waals surface area contributed by atoms with Gasteiger partial charge in [-0.05, 0) is 36.8 Å². The van der Waals surface area contributed by atoms with E-state index in [2.05, 4.69) is 4.98 Å². The van der Waals surface area contributed by atoms with Crippen molar-refractivity contribution in [2.45, 2.75) is 13.3 Å². The summed E-state index contributed by atoms with van der Waals surface area (Å²) in [4.78, 5) is 16.1. The Labute approximate surface area is 109 Å². The molecule has 0 bridgehead atoms. The quantitative estimate of drug-likeness (QED) is 0.792. The largest absolute Gasteiger partial charge is 0.292 e. The standard InChI is InChI=1S/C14H11ClFNO/c1-9-3-2-4-13(17-9)14(18)8-10-5-6-11(15)12(16)7-10/h2-7H,8H2,1H3. The Morgan fingerprint density at radius 2 is 2.11 bits per heavy atom. The van der Waals surface area contributed by atoms with Gasteiger partial charge in [-0.15, -0.1) is 0 Å². The maximum Gasteiger partial charge on any atom is 0.185 e. The molecule has 0 radical (unpaired) electrons. The van der Waals surface area contributed by atoms with Crippen molar-refractivity contribution < 1.29 is 9.18 Å². The van der Waals surface area contributed by atoms with E-state index in [0.717, 1.165) is 5.69 Å². The predicted octanol–water partition coefficient (Wildman–Crippen LogP) is 3.61. The van der Waals surface area contributed by atoms with Gasteiger partial charge in [0.05, 0.1) is 5.02 Å². The molecule has 0 amide bonds. The second-order valence-electron chi connectivity index (χ2n) is 4.01. The molecule has 0 fully saturated rings. The topological polar surface area (TPSA) is 30.0 Å². The smallest absolute Gasteiger partial charge is 0.185 e. The minimum absolute atomic E-state index is 0.0554. The number of hydrogen-bond donors (Lipinski definition) is 0. The summed E-state index contributed by atoms with van der Waals surface area (Å²) in [6, 6.07) is 9.61. The minimum Gasteiger partial charge on any atom is -0.292 e. The average Bonchev–Trinajstić information content (AvgIpc) is 2.34. The average molecular weight is 264 g/mol. The Kier molecular flexibility index (Phi) is 3.72. The highest BCUT2D eigenvalue weighted by Gasteiger charge is 2.10. The molecule has 0 unspecified atom stereocenters. The Balaban J connectivity index is 2.18. The van der Waals surface area contributed by atoms with Crippen LogP contribution in [-0.2, 0) is 6.42 Å². The number of ketones is 1. The molecule has 0 N–H and O–H groups in total. The summed E-state index contributed by atoms with van der Waals surface area (Å²) in [5, 5.41) is 0.0554. The van der Waals surface area contributed by atoms with Crippen molar-refractivity contribution in [1.29, 1.82) is 0 Å². The molecule has 1 heterocycles. The molecule has 1 aromatic heterocycles. The Morgan fingerprint density at radius 3 is 2.78 bits per heavy atom. The maximum absolute atomic E-state index is 13.2. The number of carbonyl (C=O) groups is 1.